The summed E-state index contributed by atoms with van der Waals surface area (Å²) in [6.45, 7) is 0.342. The average Bonchev–Trinajstić information content (AvgIpc) is 2.40. The van der Waals surface area contributed by atoms with Gasteiger partial charge in [0, 0.05) is 12.1 Å². The first-order valence-electron chi connectivity index (χ1n) is 5.60. The van der Waals surface area contributed by atoms with Crippen LogP contribution in [-0.4, -0.2) is 27.8 Å². The molecule has 2 rings (SSSR count). The number of anilines is 1. The molecule has 1 heterocycles. The lowest BCUT2D eigenvalue weighted by atomic mass is 10.1. The smallest absolute Gasteiger partial charge is 0.305 e. The summed E-state index contributed by atoms with van der Waals surface area (Å²) in [5.74, 6) is -0.257. The van der Waals surface area contributed by atoms with E-state index in [9.17, 15) is 4.79 Å². The van der Waals surface area contributed by atoms with Crippen molar-refractivity contribution < 1.29 is 9.90 Å². The second-order valence-corrected chi connectivity index (χ2v) is 3.74. The molecular formula is C13H13N3O2. The van der Waals surface area contributed by atoms with Crippen molar-refractivity contribution in [2.75, 3.05) is 11.9 Å². The van der Waals surface area contributed by atoms with Crippen LogP contribution in [0, 0.1) is 0 Å². The Hall–Kier alpha value is -2.43. The van der Waals surface area contributed by atoms with Crippen LogP contribution in [0.25, 0.3) is 11.3 Å². The van der Waals surface area contributed by atoms with Crippen LogP contribution in [-0.2, 0) is 4.79 Å². The fourth-order valence-electron chi connectivity index (χ4n) is 1.49. The van der Waals surface area contributed by atoms with Gasteiger partial charge in [-0.15, -0.1) is 10.2 Å². The first-order chi connectivity index (χ1) is 8.75. The van der Waals surface area contributed by atoms with E-state index in [0.29, 0.717) is 12.4 Å². The molecule has 5 nitrogen and oxygen atoms in total. The maximum atomic E-state index is 10.4. The molecule has 0 saturated carbocycles. The molecule has 0 aliphatic rings. The third-order valence-electron chi connectivity index (χ3n) is 2.38. The number of hydrogen-bond donors (Lipinski definition) is 2. The highest BCUT2D eigenvalue weighted by molar-refractivity contribution is 5.67. The molecule has 18 heavy (non-hydrogen) atoms. The molecule has 2 N–H and O–H groups in total. The van der Waals surface area contributed by atoms with Crippen LogP contribution < -0.4 is 5.32 Å². The Bertz CT molecular complexity index is 512. The molecule has 1 aromatic heterocycles. The molecule has 0 fully saturated rings. The zero-order valence-electron chi connectivity index (χ0n) is 9.71. The van der Waals surface area contributed by atoms with Crippen LogP contribution in [0.3, 0.4) is 0 Å². The SMILES string of the molecule is O=C(O)CCNc1ccc(-c2ccccc2)nn1. The van der Waals surface area contributed by atoms with E-state index in [4.69, 9.17) is 5.11 Å². The molecule has 0 bridgehead atoms. The van der Waals surface area contributed by atoms with Gasteiger partial charge in [-0.05, 0) is 12.1 Å². The van der Waals surface area contributed by atoms with Gasteiger partial charge in [-0.25, -0.2) is 0 Å². The third-order valence-corrected chi connectivity index (χ3v) is 2.38. The van der Waals surface area contributed by atoms with Crippen LogP contribution in [0.4, 0.5) is 5.82 Å². The van der Waals surface area contributed by atoms with Gasteiger partial charge in [0.15, 0.2) is 0 Å². The van der Waals surface area contributed by atoms with Gasteiger partial charge in [-0.2, -0.15) is 0 Å². The van der Waals surface area contributed by atoms with Crippen molar-refractivity contribution in [2.45, 2.75) is 6.42 Å². The van der Waals surface area contributed by atoms with Crippen LogP contribution in [0.15, 0.2) is 42.5 Å². The van der Waals surface area contributed by atoms with E-state index in [0.717, 1.165) is 11.3 Å². The van der Waals surface area contributed by atoms with Crippen molar-refractivity contribution in [3.05, 3.63) is 42.5 Å². The van der Waals surface area contributed by atoms with Crippen LogP contribution >= 0.6 is 0 Å². The molecular weight excluding hydrogens is 230 g/mol. The van der Waals surface area contributed by atoms with Crippen LogP contribution in [0.5, 0.6) is 0 Å². The molecule has 0 aliphatic carbocycles. The second kappa shape index (κ2) is 5.77. The van der Waals surface area contributed by atoms with E-state index in [2.05, 4.69) is 15.5 Å². The summed E-state index contributed by atoms with van der Waals surface area (Å²) in [5, 5.41) is 19.5. The molecule has 0 unspecified atom stereocenters. The highest BCUT2D eigenvalue weighted by Crippen LogP contribution is 2.15. The zero-order chi connectivity index (χ0) is 12.8. The molecule has 1 aromatic carbocycles. The van der Waals surface area contributed by atoms with E-state index < -0.39 is 5.97 Å². The number of nitrogens with one attached hydrogen (secondary N) is 1. The summed E-state index contributed by atoms with van der Waals surface area (Å²) < 4.78 is 0. The normalized spacial score (nSPS) is 10.0. The van der Waals surface area contributed by atoms with Crippen molar-refractivity contribution in [1.82, 2.24) is 10.2 Å². The van der Waals surface area contributed by atoms with Crippen molar-refractivity contribution in [2.24, 2.45) is 0 Å². The predicted molar refractivity (Wildman–Crippen MR) is 68.2 cm³/mol. The minimum atomic E-state index is -0.837. The molecule has 0 atom stereocenters. The quantitative estimate of drug-likeness (QED) is 0.840. The Kier molecular flexibility index (Phi) is 3.86. The number of nitrogens with zero attached hydrogens (tertiary/aromatic N) is 2. The number of aliphatic carboxylic acids is 1. The minimum absolute atomic E-state index is 0.0577. The number of carboxylic acid groups (broad SMARTS) is 1. The molecule has 0 spiro atoms. The van der Waals surface area contributed by atoms with Crippen molar-refractivity contribution >= 4 is 11.8 Å². The van der Waals surface area contributed by atoms with Gasteiger partial charge in [-0.3, -0.25) is 4.79 Å². The van der Waals surface area contributed by atoms with Gasteiger partial charge < -0.3 is 10.4 Å². The number of benzene rings is 1. The molecule has 92 valence electrons. The first-order valence-corrected chi connectivity index (χ1v) is 5.60. The lowest BCUT2D eigenvalue weighted by molar-refractivity contribution is -0.136. The Balaban J connectivity index is 2.00. The monoisotopic (exact) mass is 243 g/mol. The molecule has 0 amide bonds. The van der Waals surface area contributed by atoms with Gasteiger partial charge in [0.05, 0.1) is 12.1 Å². The van der Waals surface area contributed by atoms with Crippen molar-refractivity contribution in [3.63, 3.8) is 0 Å². The third kappa shape index (κ3) is 3.28. The maximum Gasteiger partial charge on any atom is 0.305 e. The summed E-state index contributed by atoms with van der Waals surface area (Å²) >= 11 is 0. The average molecular weight is 243 g/mol. The lowest BCUT2D eigenvalue weighted by Crippen LogP contribution is -2.08. The number of aromatic nitrogens is 2. The largest absolute Gasteiger partial charge is 0.481 e. The lowest BCUT2D eigenvalue weighted by Gasteiger charge is -2.04. The van der Waals surface area contributed by atoms with Crippen LogP contribution in [0.1, 0.15) is 6.42 Å². The maximum absolute atomic E-state index is 10.4. The minimum Gasteiger partial charge on any atom is -0.481 e. The molecule has 2 aromatic rings. The number of carbonyl (C=O) groups is 1. The van der Waals surface area contributed by atoms with E-state index in [1.54, 1.807) is 6.07 Å². The number of carboxylic acids is 1. The zero-order valence-corrected chi connectivity index (χ0v) is 9.71. The van der Waals surface area contributed by atoms with Gasteiger partial charge in [0.25, 0.3) is 0 Å². The Morgan fingerprint density at radius 1 is 1.11 bits per heavy atom. The Labute approximate surface area is 104 Å². The highest BCUT2D eigenvalue weighted by Gasteiger charge is 2.01. The molecule has 0 saturated heterocycles. The molecule has 0 aliphatic heterocycles. The van der Waals surface area contributed by atoms with Gasteiger partial charge >= 0.3 is 5.97 Å². The van der Waals surface area contributed by atoms with Gasteiger partial charge in [0.2, 0.25) is 0 Å². The number of hydrogen-bond acceptors (Lipinski definition) is 4. The Morgan fingerprint density at radius 2 is 1.89 bits per heavy atom. The fraction of sp³-hybridized carbons (Fsp3) is 0.154. The molecule has 0 radical (unpaired) electrons. The highest BCUT2D eigenvalue weighted by atomic mass is 16.4. The number of rotatable bonds is 5. The van der Waals surface area contributed by atoms with E-state index in [-0.39, 0.29) is 6.42 Å². The topological polar surface area (TPSA) is 75.1 Å². The van der Waals surface area contributed by atoms with Gasteiger partial charge in [0.1, 0.15) is 5.82 Å². The van der Waals surface area contributed by atoms with E-state index >= 15 is 0 Å². The molecule has 5 heteroatoms. The standard InChI is InChI=1S/C13H13N3O2/c17-13(18)8-9-14-12-7-6-11(15-16-12)10-4-2-1-3-5-10/h1-7H,8-9H2,(H,14,16)(H,17,18). The van der Waals surface area contributed by atoms with Crippen molar-refractivity contribution in [3.8, 4) is 11.3 Å². The fourth-order valence-corrected chi connectivity index (χ4v) is 1.49. The summed E-state index contributed by atoms with van der Waals surface area (Å²) in [4.78, 5) is 10.4. The Morgan fingerprint density at radius 3 is 2.50 bits per heavy atom. The predicted octanol–water partition coefficient (Wildman–Crippen LogP) is 2.03. The summed E-state index contributed by atoms with van der Waals surface area (Å²) in [7, 11) is 0. The summed E-state index contributed by atoms with van der Waals surface area (Å²) in [5.41, 5.74) is 1.79. The van der Waals surface area contributed by atoms with E-state index in [1.807, 2.05) is 36.4 Å². The summed E-state index contributed by atoms with van der Waals surface area (Å²) in [6.07, 6.45) is 0.0577. The summed E-state index contributed by atoms with van der Waals surface area (Å²) in [6, 6.07) is 13.4. The van der Waals surface area contributed by atoms with Crippen LogP contribution in [0.2, 0.25) is 0 Å². The van der Waals surface area contributed by atoms with E-state index in [1.165, 1.54) is 0 Å². The first kappa shape index (κ1) is 12.0. The van der Waals surface area contributed by atoms with Crippen molar-refractivity contribution in [1.29, 1.82) is 0 Å². The second-order valence-electron chi connectivity index (χ2n) is 3.74. The van der Waals surface area contributed by atoms with Gasteiger partial charge in [-0.1, -0.05) is 30.3 Å².